The number of aryl methyl sites for hydroxylation is 1. The summed E-state index contributed by atoms with van der Waals surface area (Å²) in [7, 11) is 0. The second-order valence-electron chi connectivity index (χ2n) is 6.28. The highest BCUT2D eigenvalue weighted by atomic mass is 35.5. The van der Waals surface area contributed by atoms with Crippen molar-refractivity contribution >= 4 is 40.9 Å². The van der Waals surface area contributed by atoms with Crippen molar-refractivity contribution in [2.45, 2.75) is 26.3 Å². The second kappa shape index (κ2) is 7.77. The van der Waals surface area contributed by atoms with Gasteiger partial charge in [-0.1, -0.05) is 17.7 Å². The molecule has 28 heavy (non-hydrogen) atoms. The van der Waals surface area contributed by atoms with Crippen LogP contribution in [0.1, 0.15) is 29.3 Å². The Bertz CT molecular complexity index is 964. The Kier molecular flexibility index (Phi) is 5.41. The van der Waals surface area contributed by atoms with Crippen LogP contribution in [0.5, 0.6) is 0 Å². The fraction of sp³-hybridized carbons (Fsp3) is 0.211. The summed E-state index contributed by atoms with van der Waals surface area (Å²) in [5.74, 6) is -2.25. The monoisotopic (exact) mass is 400 g/mol. The summed E-state index contributed by atoms with van der Waals surface area (Å²) >= 11 is 6.00. The van der Waals surface area contributed by atoms with Crippen LogP contribution in [0.15, 0.2) is 42.7 Å². The Morgan fingerprint density at radius 2 is 1.89 bits per heavy atom. The molecule has 8 nitrogen and oxygen atoms in total. The van der Waals surface area contributed by atoms with E-state index >= 15 is 0 Å². The van der Waals surface area contributed by atoms with Crippen LogP contribution in [-0.4, -0.2) is 39.7 Å². The van der Waals surface area contributed by atoms with Crippen molar-refractivity contribution < 1.29 is 19.2 Å². The minimum Gasteiger partial charge on any atom is -0.274 e. The van der Waals surface area contributed by atoms with E-state index in [9.17, 15) is 19.2 Å². The second-order valence-corrected chi connectivity index (χ2v) is 6.72. The molecule has 0 bridgehead atoms. The molecule has 9 heteroatoms. The quantitative estimate of drug-likeness (QED) is 0.626. The molecule has 1 fully saturated rings. The Balaban J connectivity index is 1.88. The lowest BCUT2D eigenvalue weighted by molar-refractivity contribution is -0.139. The molecule has 0 unspecified atom stereocenters. The van der Waals surface area contributed by atoms with Crippen LogP contribution in [0.2, 0.25) is 5.02 Å². The lowest BCUT2D eigenvalue weighted by Gasteiger charge is -2.26. The zero-order chi connectivity index (χ0) is 20.4. The average Bonchev–Trinajstić information content (AvgIpc) is 2.96. The number of benzene rings is 1. The van der Waals surface area contributed by atoms with Gasteiger partial charge in [-0.05, 0) is 36.8 Å². The largest absolute Gasteiger partial charge is 0.274 e. The standard InChI is InChI=1S/C19H17ClN4O4/c1-11-3-4-14(20)9-15(11)23-17(26)10-16(19(23)28)24(12(2)25)22-18(27)13-5-7-21-8-6-13/h3-9,16H,10H2,1-2H3,(H,22,27)/t16-/m0/s1. The molecule has 1 aliphatic heterocycles. The molecule has 144 valence electrons. The fourth-order valence-electron chi connectivity index (χ4n) is 2.95. The molecule has 4 amide bonds. The Morgan fingerprint density at radius 1 is 1.21 bits per heavy atom. The maximum atomic E-state index is 13.0. The first-order valence-corrected chi connectivity index (χ1v) is 8.81. The number of anilines is 1. The van der Waals surface area contributed by atoms with E-state index in [0.717, 1.165) is 9.91 Å². The first-order chi connectivity index (χ1) is 13.3. The number of imide groups is 1. The van der Waals surface area contributed by atoms with Crippen molar-refractivity contribution in [3.8, 4) is 0 Å². The third-order valence-electron chi connectivity index (χ3n) is 4.35. The van der Waals surface area contributed by atoms with Crippen LogP contribution in [-0.2, 0) is 14.4 Å². The summed E-state index contributed by atoms with van der Waals surface area (Å²) in [5, 5.41) is 1.27. The van der Waals surface area contributed by atoms with Gasteiger partial charge in [0.1, 0.15) is 6.04 Å². The van der Waals surface area contributed by atoms with Gasteiger partial charge in [0.25, 0.3) is 11.8 Å². The summed E-state index contributed by atoms with van der Waals surface area (Å²) < 4.78 is 0. The van der Waals surface area contributed by atoms with Gasteiger partial charge in [-0.25, -0.2) is 9.91 Å². The zero-order valence-corrected chi connectivity index (χ0v) is 15.9. The van der Waals surface area contributed by atoms with Gasteiger partial charge in [0, 0.05) is 29.9 Å². The van der Waals surface area contributed by atoms with Crippen LogP contribution in [0.4, 0.5) is 5.69 Å². The summed E-state index contributed by atoms with van der Waals surface area (Å²) in [6.07, 6.45) is 2.61. The number of carbonyl (C=O) groups is 4. The summed E-state index contributed by atoms with van der Waals surface area (Å²) in [4.78, 5) is 54.8. The first-order valence-electron chi connectivity index (χ1n) is 8.43. The normalized spacial score (nSPS) is 16.2. The Hall–Kier alpha value is -3.26. The molecule has 1 atom stereocenters. The molecule has 1 saturated heterocycles. The highest BCUT2D eigenvalue weighted by Crippen LogP contribution is 2.30. The number of amides is 4. The Labute approximate surface area is 166 Å². The molecule has 0 saturated carbocycles. The molecule has 2 heterocycles. The summed E-state index contributed by atoms with van der Waals surface area (Å²) in [6.45, 7) is 2.95. The number of halogens is 1. The number of rotatable bonds is 3. The van der Waals surface area contributed by atoms with E-state index in [2.05, 4.69) is 10.4 Å². The van der Waals surface area contributed by atoms with Gasteiger partial charge >= 0.3 is 0 Å². The van der Waals surface area contributed by atoms with E-state index in [0.29, 0.717) is 16.3 Å². The van der Waals surface area contributed by atoms with Crippen LogP contribution in [0.25, 0.3) is 0 Å². The molecular weight excluding hydrogens is 384 g/mol. The van der Waals surface area contributed by atoms with Crippen LogP contribution >= 0.6 is 11.6 Å². The highest BCUT2D eigenvalue weighted by Gasteiger charge is 2.45. The first kappa shape index (κ1) is 19.5. The van der Waals surface area contributed by atoms with E-state index in [1.807, 2.05) is 0 Å². The molecule has 0 spiro atoms. The smallest absolute Gasteiger partial charge is 0.270 e. The predicted molar refractivity (Wildman–Crippen MR) is 101 cm³/mol. The molecule has 1 aromatic carbocycles. The molecule has 1 N–H and O–H groups in total. The molecule has 0 aliphatic carbocycles. The topological polar surface area (TPSA) is 99.7 Å². The zero-order valence-electron chi connectivity index (χ0n) is 15.2. The molecule has 1 aliphatic rings. The average molecular weight is 401 g/mol. The van der Waals surface area contributed by atoms with Crippen molar-refractivity contribution in [1.29, 1.82) is 0 Å². The van der Waals surface area contributed by atoms with E-state index in [1.165, 1.54) is 37.5 Å². The third-order valence-corrected chi connectivity index (χ3v) is 4.59. The van der Waals surface area contributed by atoms with Gasteiger partial charge < -0.3 is 0 Å². The van der Waals surface area contributed by atoms with Crippen LogP contribution in [0.3, 0.4) is 0 Å². The van der Waals surface area contributed by atoms with E-state index in [-0.39, 0.29) is 12.0 Å². The summed E-state index contributed by atoms with van der Waals surface area (Å²) in [6, 6.07) is 6.66. The van der Waals surface area contributed by atoms with Crippen molar-refractivity contribution in [1.82, 2.24) is 15.4 Å². The van der Waals surface area contributed by atoms with Crippen molar-refractivity contribution in [3.63, 3.8) is 0 Å². The van der Waals surface area contributed by atoms with Crippen molar-refractivity contribution in [2.24, 2.45) is 0 Å². The molecule has 2 aromatic rings. The predicted octanol–water partition coefficient (Wildman–Crippen LogP) is 1.87. The van der Waals surface area contributed by atoms with Gasteiger partial charge in [-0.3, -0.25) is 29.6 Å². The van der Waals surface area contributed by atoms with Gasteiger partial charge in [0.05, 0.1) is 12.1 Å². The molecule has 1 aromatic heterocycles. The number of hydrogen-bond donors (Lipinski definition) is 1. The van der Waals surface area contributed by atoms with E-state index < -0.39 is 29.7 Å². The van der Waals surface area contributed by atoms with Crippen LogP contribution < -0.4 is 10.3 Å². The maximum absolute atomic E-state index is 13.0. The number of nitrogens with zero attached hydrogens (tertiary/aromatic N) is 3. The maximum Gasteiger partial charge on any atom is 0.270 e. The van der Waals surface area contributed by atoms with Gasteiger partial charge in [0.2, 0.25) is 11.8 Å². The van der Waals surface area contributed by atoms with Crippen LogP contribution in [0, 0.1) is 6.92 Å². The van der Waals surface area contributed by atoms with Crippen molar-refractivity contribution in [3.05, 3.63) is 58.9 Å². The minimum atomic E-state index is -1.14. The fourth-order valence-corrected chi connectivity index (χ4v) is 3.11. The number of hydrazine groups is 1. The van der Waals surface area contributed by atoms with E-state index in [4.69, 9.17) is 11.6 Å². The van der Waals surface area contributed by atoms with Crippen molar-refractivity contribution in [2.75, 3.05) is 4.90 Å². The van der Waals surface area contributed by atoms with E-state index in [1.54, 1.807) is 19.1 Å². The Morgan fingerprint density at radius 3 is 2.54 bits per heavy atom. The number of pyridine rings is 1. The van der Waals surface area contributed by atoms with Gasteiger partial charge in [0.15, 0.2) is 0 Å². The molecule has 3 rings (SSSR count). The number of carbonyl (C=O) groups excluding carboxylic acids is 4. The molecular formula is C19H17ClN4O4. The van der Waals surface area contributed by atoms with Gasteiger partial charge in [-0.2, -0.15) is 0 Å². The number of nitrogens with one attached hydrogen (secondary N) is 1. The number of aromatic nitrogens is 1. The lowest BCUT2D eigenvalue weighted by atomic mass is 10.2. The lowest BCUT2D eigenvalue weighted by Crippen LogP contribution is -2.54. The minimum absolute atomic E-state index is 0.249. The molecule has 0 radical (unpaired) electrons. The summed E-state index contributed by atoms with van der Waals surface area (Å²) in [5.41, 5.74) is 3.72. The highest BCUT2D eigenvalue weighted by molar-refractivity contribution is 6.31. The third kappa shape index (κ3) is 3.72. The number of hydrogen-bond acceptors (Lipinski definition) is 5. The SMILES string of the molecule is CC(=O)N(NC(=O)c1ccncc1)[C@H]1CC(=O)N(c2cc(Cl)ccc2C)C1=O. The van der Waals surface area contributed by atoms with Gasteiger partial charge in [-0.15, -0.1) is 0 Å².